The maximum absolute atomic E-state index is 14.3. The van der Waals surface area contributed by atoms with E-state index in [1.54, 1.807) is 56.1 Å². The highest BCUT2D eigenvalue weighted by atomic mass is 19.1. The van der Waals surface area contributed by atoms with Gasteiger partial charge in [0, 0.05) is 92.7 Å². The van der Waals surface area contributed by atoms with Crippen molar-refractivity contribution in [2.45, 2.75) is 192 Å². The molecule has 0 unspecified atom stereocenters. The number of carbonyl (C=O) groups is 8. The Morgan fingerprint density at radius 2 is 1.04 bits per heavy atom. The number of hydrogen-bond donors (Lipinski definition) is 8. The van der Waals surface area contributed by atoms with Gasteiger partial charge in [-0.15, -0.1) is 0 Å². The second kappa shape index (κ2) is 39.8. The molecule has 4 fully saturated rings. The molecule has 11 aromatic rings. The molecule has 614 valence electrons. The fourth-order valence-electron chi connectivity index (χ4n) is 15.5. The Morgan fingerprint density at radius 1 is 0.525 bits per heavy atom. The number of amides is 7. The zero-order valence-electron chi connectivity index (χ0n) is 67.2. The number of rotatable bonds is 30. The topological polar surface area (TPSA) is 345 Å². The van der Waals surface area contributed by atoms with Crippen molar-refractivity contribution in [3.8, 4) is 11.3 Å². The zero-order chi connectivity index (χ0) is 82.6. The number of benzene rings is 6. The van der Waals surface area contributed by atoms with Crippen LogP contribution in [0.25, 0.3) is 22.4 Å². The first-order valence-electron chi connectivity index (χ1n) is 40.9. The number of ketones is 1. The third kappa shape index (κ3) is 22.5. The summed E-state index contributed by atoms with van der Waals surface area (Å²) < 4.78 is 25.1. The van der Waals surface area contributed by atoms with Crippen LogP contribution in [0.5, 0.6) is 0 Å². The molecule has 6 aromatic carbocycles. The Hall–Kier alpha value is -12.7. The summed E-state index contributed by atoms with van der Waals surface area (Å²) in [6, 6.07) is 51.4. The van der Waals surface area contributed by atoms with Gasteiger partial charge in [0.2, 0.25) is 35.4 Å². The summed E-state index contributed by atoms with van der Waals surface area (Å²) in [5, 5.41) is 18.3. The maximum Gasteiger partial charge on any atom is 0.296 e. The maximum atomic E-state index is 14.3. The standard InChI is InChI=1S/C32H31FN6O3.C31H34N6O4.C28H38N4O3/c1-20(30-34-19-26(36-30)22-12-5-6-13-23(22)33)35-31(41)25(38-32-37-24-14-7-8-16-28(24)42-32)18-29(40)39-17-9-15-27(39)21-10-3-2-4-11-21;1-20-16-26(36-41-20)31(40)35-25(18-28(38)37-15-9-14-27(37)23-12-7-4-8-13-23)30(39)33-21(2)29-32-19-24(34-29)17-22-10-5-3-6-11-22;1-19(28-29-18-23(30-28)15-21-9-4-3-5-10-21)14-25(33)24(31-26(34)16-22-11-12-22)17-27(35)32-13-7-6-8-20(32)2/h2-8,10-14,16,19-20,25,27H,9,15,17-18H2,1H3,(H,34,36)(H,35,41)(H,37,38);3-8,10-13,16,19,21,25,27H,9,14-15,17-18H2,1-2H3,(H,32,34)(H,33,39)(H,35,40);3-5,9-10,18-20,22,24H,6-8,11-17H2,1-2H3,(H,29,30)(H,31,34)/t20-,25-,27+;21-,25-,27+;19-,20+,24+/m001/s1. The van der Waals surface area contributed by atoms with Crippen LogP contribution in [0.15, 0.2) is 203 Å². The lowest BCUT2D eigenvalue weighted by molar-refractivity contribution is -0.138. The van der Waals surface area contributed by atoms with Crippen LogP contribution in [0.2, 0.25) is 0 Å². The predicted molar refractivity (Wildman–Crippen MR) is 443 cm³/mol. The molecule has 0 radical (unpaired) electrons. The van der Waals surface area contributed by atoms with Crippen LogP contribution >= 0.6 is 0 Å². The first-order chi connectivity index (χ1) is 57.2. The van der Waals surface area contributed by atoms with Crippen molar-refractivity contribution in [2.75, 3.05) is 25.0 Å². The zero-order valence-corrected chi connectivity index (χ0v) is 67.2. The van der Waals surface area contributed by atoms with Crippen molar-refractivity contribution in [1.29, 1.82) is 0 Å². The van der Waals surface area contributed by atoms with Crippen LogP contribution in [0, 0.1) is 18.7 Å². The van der Waals surface area contributed by atoms with Crippen LogP contribution in [-0.2, 0) is 46.4 Å². The summed E-state index contributed by atoms with van der Waals surface area (Å²) in [6.45, 7) is 11.2. The first kappa shape index (κ1) is 83.3. The molecule has 3 aliphatic heterocycles. The van der Waals surface area contributed by atoms with Crippen LogP contribution in [0.3, 0.4) is 0 Å². The Balaban J connectivity index is 0.000000154. The fourth-order valence-corrected chi connectivity index (χ4v) is 15.5. The number of Topliss-reactive ketones (excluding diaryl/α,β-unsaturated/α-hetero) is 1. The highest BCUT2D eigenvalue weighted by Crippen LogP contribution is 2.36. The number of aromatic nitrogens is 8. The molecule has 3 saturated heterocycles. The van der Waals surface area contributed by atoms with Gasteiger partial charge in [-0.2, -0.15) is 4.98 Å². The molecule has 7 amide bonds. The lowest BCUT2D eigenvalue weighted by Gasteiger charge is -2.34. The van der Waals surface area contributed by atoms with E-state index in [9.17, 15) is 42.7 Å². The van der Waals surface area contributed by atoms with E-state index in [1.807, 2.05) is 150 Å². The number of nitrogens with one attached hydrogen (secondary N) is 8. The number of carbonyl (C=O) groups excluding carboxylic acids is 8. The van der Waals surface area contributed by atoms with Crippen molar-refractivity contribution < 1.29 is 51.7 Å². The minimum Gasteiger partial charge on any atom is -0.424 e. The van der Waals surface area contributed by atoms with Crippen LogP contribution < -0.4 is 26.6 Å². The number of nitrogens with zero attached hydrogens (tertiary/aromatic N) is 8. The number of imidazole rings is 3. The van der Waals surface area contributed by atoms with Crippen LogP contribution in [0.4, 0.5) is 10.4 Å². The molecule has 8 N–H and O–H groups in total. The van der Waals surface area contributed by atoms with E-state index in [0.717, 1.165) is 105 Å². The molecule has 15 rings (SSSR count). The number of aromatic amines is 3. The molecule has 1 aliphatic carbocycles. The number of fused-ring (bicyclic) bond motifs is 1. The molecule has 26 nitrogen and oxygen atoms in total. The Morgan fingerprint density at radius 3 is 1.63 bits per heavy atom. The molecule has 9 atom stereocenters. The second-order valence-electron chi connectivity index (χ2n) is 31.3. The molecule has 5 aromatic heterocycles. The predicted octanol–water partition coefficient (Wildman–Crippen LogP) is 13.9. The molecule has 4 aliphatic rings. The van der Waals surface area contributed by atoms with E-state index < -0.39 is 47.9 Å². The van der Waals surface area contributed by atoms with Gasteiger partial charge >= 0.3 is 0 Å². The van der Waals surface area contributed by atoms with Gasteiger partial charge in [-0.05, 0) is 138 Å². The lowest BCUT2D eigenvalue weighted by Crippen LogP contribution is -2.50. The van der Waals surface area contributed by atoms with E-state index in [0.29, 0.717) is 71.6 Å². The summed E-state index contributed by atoms with van der Waals surface area (Å²) in [4.78, 5) is 139. The van der Waals surface area contributed by atoms with Crippen LogP contribution in [0.1, 0.15) is 215 Å². The highest BCUT2D eigenvalue weighted by Gasteiger charge is 2.38. The third-order valence-corrected chi connectivity index (χ3v) is 22.1. The Labute approximate surface area is 685 Å². The van der Waals surface area contributed by atoms with Gasteiger partial charge in [0.05, 0.1) is 61.4 Å². The number of halogens is 1. The SMILES string of the molecule is C[C@H](CC(=O)[C@H](CC(=O)N1CCCC[C@@H]1C)NC(=O)CC1CC1)c1ncc(Cc2ccccc2)[nH]1.C[C@H](NC(=O)[C@H](CC(=O)N1CCC[C@@H]1c1ccccc1)Nc1nc2ccccc2o1)c1ncc(-c2ccccc2F)[nH]1.Cc1cc(C(=O)N[C@@H](CC(=O)N2CCC[C@@H]2c2ccccc2)C(=O)N[C@@H](C)c2ncc(Cc3ccccc3)[nH]2)no1. The first-order valence-corrected chi connectivity index (χ1v) is 40.9. The normalized spacial score (nSPS) is 17.3. The monoisotopic (exact) mass is 1600 g/mol. The van der Waals surface area contributed by atoms with Gasteiger partial charge < -0.3 is 65.2 Å². The van der Waals surface area contributed by atoms with Gasteiger partial charge in [-0.25, -0.2) is 19.3 Å². The van der Waals surface area contributed by atoms with E-state index in [4.69, 9.17) is 8.94 Å². The summed E-state index contributed by atoms with van der Waals surface area (Å²) in [7, 11) is 0. The number of hydrogen-bond acceptors (Lipinski definition) is 16. The summed E-state index contributed by atoms with van der Waals surface area (Å²) in [6.07, 6.45) is 15.6. The van der Waals surface area contributed by atoms with Gasteiger partial charge in [0.1, 0.15) is 46.7 Å². The molecule has 8 heterocycles. The van der Waals surface area contributed by atoms with Gasteiger partial charge in [0.15, 0.2) is 17.1 Å². The third-order valence-electron chi connectivity index (χ3n) is 22.1. The highest BCUT2D eigenvalue weighted by molar-refractivity contribution is 5.98. The van der Waals surface area contributed by atoms with Crippen molar-refractivity contribution >= 4 is 64.2 Å². The lowest BCUT2D eigenvalue weighted by atomic mass is 9.96. The summed E-state index contributed by atoms with van der Waals surface area (Å²) in [5.74, 6) is 0.0415. The molecule has 1 saturated carbocycles. The number of para-hydroxylation sites is 2. The van der Waals surface area contributed by atoms with Crippen molar-refractivity contribution in [1.82, 2.24) is 76.0 Å². The van der Waals surface area contributed by atoms with E-state index in [2.05, 4.69) is 85.7 Å². The fraction of sp³-hybridized carbons (Fsp3) is 0.374. The van der Waals surface area contributed by atoms with Crippen molar-refractivity contribution in [3.05, 3.63) is 263 Å². The number of anilines is 1. The average Bonchev–Trinajstić information content (AvgIpc) is 1.64. The number of H-pyrrole nitrogens is 3. The Bertz CT molecular complexity index is 5170. The summed E-state index contributed by atoms with van der Waals surface area (Å²) >= 11 is 0. The Kier molecular flexibility index (Phi) is 28.1. The minimum absolute atomic E-state index is 0.0315. The van der Waals surface area contributed by atoms with E-state index in [1.165, 1.54) is 23.9 Å². The van der Waals surface area contributed by atoms with Gasteiger partial charge in [0.25, 0.3) is 11.9 Å². The molecule has 0 bridgehead atoms. The molecule has 27 heteroatoms. The average molecular weight is 1600 g/mol. The molecule has 0 spiro atoms. The molecule has 118 heavy (non-hydrogen) atoms. The van der Waals surface area contributed by atoms with E-state index >= 15 is 0 Å². The van der Waals surface area contributed by atoms with Crippen LogP contribution in [-0.4, -0.2) is 146 Å². The number of piperidine rings is 1. The van der Waals surface area contributed by atoms with Crippen molar-refractivity contribution in [2.24, 2.45) is 5.92 Å². The number of likely N-dealkylation sites (tertiary alicyclic amines) is 3. The molecular weight excluding hydrogens is 1500 g/mol. The number of oxazole rings is 1. The van der Waals surface area contributed by atoms with Gasteiger partial charge in [-0.3, -0.25) is 38.4 Å². The quantitative estimate of drug-likeness (QED) is 0.0207. The number of aryl methyl sites for hydroxylation is 1. The second-order valence-corrected chi connectivity index (χ2v) is 31.3. The largest absolute Gasteiger partial charge is 0.424 e. The minimum atomic E-state index is -1.12. The summed E-state index contributed by atoms with van der Waals surface area (Å²) in [5.41, 5.74) is 8.50. The van der Waals surface area contributed by atoms with Crippen molar-refractivity contribution in [3.63, 3.8) is 0 Å². The van der Waals surface area contributed by atoms with Gasteiger partial charge in [-0.1, -0.05) is 158 Å². The van der Waals surface area contributed by atoms with E-state index in [-0.39, 0.29) is 96.7 Å². The molecular formula is C91H103FN16O10. The smallest absolute Gasteiger partial charge is 0.296 e.